The zero-order valence-corrected chi connectivity index (χ0v) is 10.7. The Labute approximate surface area is 114 Å². The highest BCUT2D eigenvalue weighted by Crippen LogP contribution is 2.31. The van der Waals surface area contributed by atoms with Gasteiger partial charge in [-0.1, -0.05) is 12.8 Å². The van der Waals surface area contributed by atoms with Gasteiger partial charge in [0.15, 0.2) is 0 Å². The summed E-state index contributed by atoms with van der Waals surface area (Å²) in [6.45, 7) is 0. The Bertz CT molecular complexity index is 533. The van der Waals surface area contributed by atoms with Gasteiger partial charge in [0.2, 0.25) is 5.91 Å². The minimum atomic E-state index is -1.27. The Morgan fingerprint density at radius 3 is 2.45 bits per heavy atom. The summed E-state index contributed by atoms with van der Waals surface area (Å²) in [5, 5.41) is 13.3. The standard InChI is InChI=1S/C14H15F2NO3/c15-8-5-6-11(16)12(7-8)17-13(18)9-3-1-2-4-10(9)14(19)20/h5-7,9-10H,1-4H2,(H,17,18)(H,19,20)/p-1/t9-,10+/m1/s1. The first kappa shape index (κ1) is 14.4. The van der Waals surface area contributed by atoms with Crippen molar-refractivity contribution in [3.8, 4) is 0 Å². The van der Waals surface area contributed by atoms with E-state index in [1.165, 1.54) is 0 Å². The molecule has 0 saturated heterocycles. The van der Waals surface area contributed by atoms with Crippen LogP contribution < -0.4 is 10.4 Å². The maximum atomic E-state index is 13.4. The van der Waals surface area contributed by atoms with Crippen molar-refractivity contribution in [3.05, 3.63) is 29.8 Å². The van der Waals surface area contributed by atoms with Gasteiger partial charge in [-0.2, -0.15) is 0 Å². The highest BCUT2D eigenvalue weighted by Gasteiger charge is 2.32. The third-order valence-electron chi connectivity index (χ3n) is 3.59. The van der Waals surface area contributed by atoms with E-state index in [9.17, 15) is 23.5 Å². The summed E-state index contributed by atoms with van der Waals surface area (Å²) in [7, 11) is 0. The Hall–Kier alpha value is -1.98. The molecule has 108 valence electrons. The number of carbonyl (C=O) groups is 2. The fourth-order valence-corrected chi connectivity index (χ4v) is 2.55. The van der Waals surface area contributed by atoms with E-state index in [0.717, 1.165) is 31.0 Å². The minimum absolute atomic E-state index is 0.280. The van der Waals surface area contributed by atoms with Gasteiger partial charge in [-0.3, -0.25) is 4.79 Å². The lowest BCUT2D eigenvalue weighted by molar-refractivity contribution is -0.313. The number of rotatable bonds is 3. The minimum Gasteiger partial charge on any atom is -0.550 e. The predicted molar refractivity (Wildman–Crippen MR) is 65.4 cm³/mol. The van der Waals surface area contributed by atoms with E-state index in [2.05, 4.69) is 5.32 Å². The molecule has 1 amide bonds. The number of carbonyl (C=O) groups excluding carboxylic acids is 2. The molecule has 2 rings (SSSR count). The van der Waals surface area contributed by atoms with Gasteiger partial charge >= 0.3 is 0 Å². The quantitative estimate of drug-likeness (QED) is 0.912. The van der Waals surface area contributed by atoms with Gasteiger partial charge in [0, 0.05) is 23.9 Å². The highest BCUT2D eigenvalue weighted by atomic mass is 19.1. The molecule has 0 unspecified atom stereocenters. The molecule has 0 radical (unpaired) electrons. The third kappa shape index (κ3) is 3.12. The summed E-state index contributed by atoms with van der Waals surface area (Å²) < 4.78 is 26.5. The van der Waals surface area contributed by atoms with Crippen LogP contribution in [0.4, 0.5) is 14.5 Å². The maximum Gasteiger partial charge on any atom is 0.228 e. The van der Waals surface area contributed by atoms with Crippen molar-refractivity contribution in [3.63, 3.8) is 0 Å². The molecule has 0 bridgehead atoms. The Morgan fingerprint density at radius 2 is 1.80 bits per heavy atom. The van der Waals surface area contributed by atoms with Crippen LogP contribution in [-0.2, 0) is 9.59 Å². The number of aliphatic carboxylic acids is 1. The van der Waals surface area contributed by atoms with Crippen LogP contribution in [0.1, 0.15) is 25.7 Å². The van der Waals surface area contributed by atoms with Gasteiger partial charge in [-0.25, -0.2) is 8.78 Å². The molecule has 1 aliphatic rings. The molecule has 2 atom stereocenters. The van der Waals surface area contributed by atoms with Crippen LogP contribution in [0.3, 0.4) is 0 Å². The molecule has 1 aliphatic carbocycles. The molecule has 4 nitrogen and oxygen atoms in total. The fourth-order valence-electron chi connectivity index (χ4n) is 2.55. The predicted octanol–water partition coefficient (Wildman–Crippen LogP) is 1.46. The van der Waals surface area contributed by atoms with Crippen LogP contribution in [0.15, 0.2) is 18.2 Å². The molecule has 1 fully saturated rings. The molecule has 1 saturated carbocycles. The van der Waals surface area contributed by atoms with Crippen LogP contribution in [0.5, 0.6) is 0 Å². The average molecular weight is 282 g/mol. The van der Waals surface area contributed by atoms with Crippen molar-refractivity contribution in [2.75, 3.05) is 5.32 Å². The normalized spacial score (nSPS) is 22.3. The van der Waals surface area contributed by atoms with E-state index in [-0.39, 0.29) is 5.69 Å². The second-order valence-corrected chi connectivity index (χ2v) is 4.93. The zero-order chi connectivity index (χ0) is 14.7. The second-order valence-electron chi connectivity index (χ2n) is 4.93. The number of halogens is 2. The number of anilines is 1. The number of carboxylic acids is 1. The van der Waals surface area contributed by atoms with Crippen molar-refractivity contribution >= 4 is 17.6 Å². The SMILES string of the molecule is O=C([O-])[C@H]1CCCC[C@H]1C(=O)Nc1cc(F)ccc1F. The molecule has 20 heavy (non-hydrogen) atoms. The first-order valence-corrected chi connectivity index (χ1v) is 6.46. The van der Waals surface area contributed by atoms with Gasteiger partial charge < -0.3 is 15.2 Å². The van der Waals surface area contributed by atoms with Gasteiger partial charge in [0.1, 0.15) is 11.6 Å². The summed E-state index contributed by atoms with van der Waals surface area (Å²) in [5.74, 6) is -4.97. The number of benzene rings is 1. The smallest absolute Gasteiger partial charge is 0.228 e. The van der Waals surface area contributed by atoms with Crippen LogP contribution in [-0.4, -0.2) is 11.9 Å². The Kier molecular flexibility index (Phi) is 4.32. The highest BCUT2D eigenvalue weighted by molar-refractivity contribution is 5.95. The number of nitrogens with one attached hydrogen (secondary N) is 1. The Morgan fingerprint density at radius 1 is 1.15 bits per heavy atom. The molecule has 6 heteroatoms. The largest absolute Gasteiger partial charge is 0.550 e. The Balaban J connectivity index is 2.14. The summed E-state index contributed by atoms with van der Waals surface area (Å²) in [5.41, 5.74) is -0.280. The number of hydrogen-bond acceptors (Lipinski definition) is 3. The summed E-state index contributed by atoms with van der Waals surface area (Å²) in [4.78, 5) is 23.1. The van der Waals surface area contributed by atoms with Crippen LogP contribution in [0.2, 0.25) is 0 Å². The van der Waals surface area contributed by atoms with Gasteiger partial charge in [-0.05, 0) is 25.0 Å². The lowest BCUT2D eigenvalue weighted by atomic mass is 9.78. The van der Waals surface area contributed by atoms with Crippen LogP contribution >= 0.6 is 0 Å². The molecule has 0 aliphatic heterocycles. The van der Waals surface area contributed by atoms with Crippen molar-refractivity contribution in [2.24, 2.45) is 11.8 Å². The molecule has 0 spiro atoms. The number of hydrogen-bond donors (Lipinski definition) is 1. The second kappa shape index (κ2) is 5.98. The molecule has 1 N–H and O–H groups in total. The summed E-state index contributed by atoms with van der Waals surface area (Å²) in [6, 6.07) is 2.71. The molecule has 1 aromatic carbocycles. The van der Waals surface area contributed by atoms with E-state index in [1.54, 1.807) is 0 Å². The van der Waals surface area contributed by atoms with Gasteiger partial charge in [0.05, 0.1) is 5.69 Å². The summed E-state index contributed by atoms with van der Waals surface area (Å²) in [6.07, 6.45) is 2.22. The molecular formula is C14H14F2NO3-. The molecular weight excluding hydrogens is 268 g/mol. The van der Waals surface area contributed by atoms with E-state index < -0.39 is 35.3 Å². The lowest BCUT2D eigenvalue weighted by Gasteiger charge is -2.31. The molecule has 0 heterocycles. The summed E-state index contributed by atoms with van der Waals surface area (Å²) >= 11 is 0. The number of carboxylic acid groups (broad SMARTS) is 1. The zero-order valence-electron chi connectivity index (χ0n) is 10.7. The van der Waals surface area contributed by atoms with Crippen LogP contribution in [0.25, 0.3) is 0 Å². The van der Waals surface area contributed by atoms with Crippen molar-refractivity contribution in [2.45, 2.75) is 25.7 Å². The maximum absolute atomic E-state index is 13.4. The average Bonchev–Trinajstić information content (AvgIpc) is 2.42. The monoisotopic (exact) mass is 282 g/mol. The lowest BCUT2D eigenvalue weighted by Crippen LogP contribution is -2.42. The van der Waals surface area contributed by atoms with E-state index >= 15 is 0 Å². The first-order valence-electron chi connectivity index (χ1n) is 6.46. The van der Waals surface area contributed by atoms with Crippen molar-refractivity contribution in [1.82, 2.24) is 0 Å². The van der Waals surface area contributed by atoms with Gasteiger partial charge in [0.25, 0.3) is 0 Å². The van der Waals surface area contributed by atoms with E-state index in [1.807, 2.05) is 0 Å². The van der Waals surface area contributed by atoms with E-state index in [4.69, 9.17) is 0 Å². The van der Waals surface area contributed by atoms with Crippen molar-refractivity contribution in [1.29, 1.82) is 0 Å². The first-order chi connectivity index (χ1) is 9.49. The molecule has 0 aromatic heterocycles. The molecule has 1 aromatic rings. The fraction of sp³-hybridized carbons (Fsp3) is 0.429. The van der Waals surface area contributed by atoms with Crippen molar-refractivity contribution < 1.29 is 23.5 Å². The third-order valence-corrected chi connectivity index (χ3v) is 3.59. The van der Waals surface area contributed by atoms with Gasteiger partial charge in [-0.15, -0.1) is 0 Å². The van der Waals surface area contributed by atoms with Crippen LogP contribution in [0, 0.1) is 23.5 Å². The topological polar surface area (TPSA) is 69.2 Å². The van der Waals surface area contributed by atoms with E-state index in [0.29, 0.717) is 12.8 Å². The number of amides is 1.